The maximum absolute atomic E-state index is 13.3. The Morgan fingerprint density at radius 2 is 2.00 bits per heavy atom. The van der Waals surface area contributed by atoms with Gasteiger partial charge in [0.15, 0.2) is 0 Å². The smallest absolute Gasteiger partial charge is 0.364 e. The molecule has 0 saturated heterocycles. The van der Waals surface area contributed by atoms with E-state index in [0.717, 1.165) is 6.26 Å². The Morgan fingerprint density at radius 3 is 2.65 bits per heavy atom. The molecule has 3 aromatic rings. The van der Waals surface area contributed by atoms with Crippen LogP contribution in [0, 0.1) is 0 Å². The molecule has 0 amide bonds. The Bertz CT molecular complexity index is 1230. The fourth-order valence-corrected chi connectivity index (χ4v) is 3.52. The molecule has 13 heteroatoms. The van der Waals surface area contributed by atoms with Crippen LogP contribution in [0.3, 0.4) is 0 Å². The zero-order chi connectivity index (χ0) is 22.4. The molecule has 1 saturated carbocycles. The van der Waals surface area contributed by atoms with Crippen LogP contribution < -0.4 is 10.6 Å². The second-order valence-corrected chi connectivity index (χ2v) is 9.58. The average Bonchev–Trinajstić information content (AvgIpc) is 3.19. The standard InChI is InChI=1S/C18H18F4N6O2S/c1-31(29,30)6-5-28-15-4-2-3-13(10(15)8-24-28)26-17-23-9-11(18(20,21)22)16(27-17)25-14-7-12(14)19/h2-4,8-9,12,14H,5-7H2,1H3,(H2,23,25,26,27)/t12-,14+/m1/s1. The minimum absolute atomic E-state index is 0.0881. The number of fused-ring (bicyclic) bond motifs is 1. The average molecular weight is 458 g/mol. The molecule has 8 nitrogen and oxygen atoms in total. The highest BCUT2D eigenvalue weighted by atomic mass is 32.2. The van der Waals surface area contributed by atoms with Crippen molar-refractivity contribution in [2.45, 2.75) is 31.4 Å². The van der Waals surface area contributed by atoms with Crippen molar-refractivity contribution in [3.05, 3.63) is 36.2 Å². The second-order valence-electron chi connectivity index (χ2n) is 7.32. The Kier molecular flexibility index (Phi) is 5.23. The Labute approximate surface area is 174 Å². The SMILES string of the molecule is CS(=O)(=O)CCn1ncc2c(Nc3ncc(C(F)(F)F)c(N[C@H]4C[C@H]4F)n3)cccc21. The van der Waals surface area contributed by atoms with Crippen molar-refractivity contribution >= 4 is 38.2 Å². The van der Waals surface area contributed by atoms with Crippen LogP contribution >= 0.6 is 0 Å². The van der Waals surface area contributed by atoms with Crippen molar-refractivity contribution in [1.29, 1.82) is 0 Å². The van der Waals surface area contributed by atoms with Crippen LogP contribution in [-0.4, -0.2) is 52.4 Å². The van der Waals surface area contributed by atoms with Crippen molar-refractivity contribution < 1.29 is 26.0 Å². The van der Waals surface area contributed by atoms with E-state index in [1.807, 2.05) is 0 Å². The minimum Gasteiger partial charge on any atom is -0.364 e. The monoisotopic (exact) mass is 458 g/mol. The van der Waals surface area contributed by atoms with Crippen LogP contribution in [-0.2, 0) is 22.6 Å². The van der Waals surface area contributed by atoms with Crippen LogP contribution in [0.15, 0.2) is 30.6 Å². The highest BCUT2D eigenvalue weighted by Crippen LogP contribution is 2.37. The number of aromatic nitrogens is 4. The van der Waals surface area contributed by atoms with E-state index in [9.17, 15) is 26.0 Å². The lowest BCUT2D eigenvalue weighted by Crippen LogP contribution is -2.16. The number of nitrogens with one attached hydrogen (secondary N) is 2. The summed E-state index contributed by atoms with van der Waals surface area (Å²) in [5.74, 6) is -0.691. The quantitative estimate of drug-likeness (QED) is 0.525. The molecule has 1 fully saturated rings. The van der Waals surface area contributed by atoms with Gasteiger partial charge < -0.3 is 10.6 Å². The summed E-state index contributed by atoms with van der Waals surface area (Å²) in [7, 11) is -3.18. The predicted molar refractivity (Wildman–Crippen MR) is 107 cm³/mol. The van der Waals surface area contributed by atoms with E-state index in [-0.39, 0.29) is 24.7 Å². The van der Waals surface area contributed by atoms with Gasteiger partial charge in [0.25, 0.3) is 0 Å². The van der Waals surface area contributed by atoms with Crippen LogP contribution in [0.4, 0.5) is 35.0 Å². The van der Waals surface area contributed by atoms with Crippen molar-refractivity contribution in [3.63, 3.8) is 0 Å². The molecule has 0 aliphatic heterocycles. The Hall–Kier alpha value is -2.96. The van der Waals surface area contributed by atoms with Crippen molar-refractivity contribution in [2.75, 3.05) is 22.6 Å². The fourth-order valence-electron chi connectivity index (χ4n) is 3.01. The number of nitrogens with zero attached hydrogens (tertiary/aromatic N) is 4. The number of benzene rings is 1. The molecule has 31 heavy (non-hydrogen) atoms. The van der Waals surface area contributed by atoms with E-state index in [1.165, 1.54) is 10.9 Å². The number of halogens is 4. The van der Waals surface area contributed by atoms with Crippen LogP contribution in [0.25, 0.3) is 10.9 Å². The maximum atomic E-state index is 13.3. The Balaban J connectivity index is 1.63. The van der Waals surface area contributed by atoms with Crippen LogP contribution in [0.5, 0.6) is 0 Å². The molecular weight excluding hydrogens is 440 g/mol. The maximum Gasteiger partial charge on any atom is 0.421 e. The van der Waals surface area contributed by atoms with E-state index in [2.05, 4.69) is 25.7 Å². The third kappa shape index (κ3) is 4.86. The van der Waals surface area contributed by atoms with Gasteiger partial charge >= 0.3 is 6.18 Å². The predicted octanol–water partition coefficient (Wildman–Crippen LogP) is 3.16. The minimum atomic E-state index is -4.69. The number of anilines is 3. The molecule has 4 rings (SSSR count). The first-order valence-corrected chi connectivity index (χ1v) is 11.3. The molecule has 2 atom stereocenters. The molecule has 1 aromatic carbocycles. The summed E-state index contributed by atoms with van der Waals surface area (Å²) in [6, 6.07) is 4.38. The number of hydrogen-bond donors (Lipinski definition) is 2. The highest BCUT2D eigenvalue weighted by molar-refractivity contribution is 7.90. The normalized spacial score (nSPS) is 18.9. The lowest BCUT2D eigenvalue weighted by molar-refractivity contribution is -0.137. The second kappa shape index (κ2) is 7.62. The van der Waals surface area contributed by atoms with E-state index in [1.54, 1.807) is 18.2 Å². The van der Waals surface area contributed by atoms with Gasteiger partial charge in [-0.2, -0.15) is 23.3 Å². The summed E-state index contributed by atoms with van der Waals surface area (Å²) in [6.45, 7) is 0.155. The molecular formula is C18H18F4N6O2S. The topological polar surface area (TPSA) is 102 Å². The number of sulfone groups is 1. The molecule has 2 N–H and O–H groups in total. The molecule has 166 valence electrons. The molecule has 1 aliphatic rings. The van der Waals surface area contributed by atoms with Gasteiger partial charge in [-0.05, 0) is 12.1 Å². The third-order valence-corrected chi connectivity index (χ3v) is 5.66. The van der Waals surface area contributed by atoms with Gasteiger partial charge in [0.1, 0.15) is 27.4 Å². The van der Waals surface area contributed by atoms with E-state index in [4.69, 9.17) is 0 Å². The van der Waals surface area contributed by atoms with Gasteiger partial charge in [0.2, 0.25) is 5.95 Å². The van der Waals surface area contributed by atoms with Gasteiger partial charge in [0.05, 0.1) is 35.7 Å². The molecule has 2 heterocycles. The summed E-state index contributed by atoms with van der Waals surface area (Å²) in [6.07, 6.45) is -2.49. The summed E-state index contributed by atoms with van der Waals surface area (Å²) >= 11 is 0. The summed E-state index contributed by atoms with van der Waals surface area (Å²) in [5, 5.41) is 10.1. The lowest BCUT2D eigenvalue weighted by atomic mass is 10.2. The summed E-state index contributed by atoms with van der Waals surface area (Å²) < 4.78 is 77.3. The van der Waals surface area contributed by atoms with Crippen molar-refractivity contribution in [2.24, 2.45) is 0 Å². The van der Waals surface area contributed by atoms with Gasteiger partial charge in [-0.3, -0.25) is 4.68 Å². The number of aryl methyl sites for hydroxylation is 1. The first-order chi connectivity index (χ1) is 14.5. The van der Waals surface area contributed by atoms with E-state index in [0.29, 0.717) is 22.8 Å². The van der Waals surface area contributed by atoms with E-state index >= 15 is 0 Å². The zero-order valence-electron chi connectivity index (χ0n) is 16.2. The summed E-state index contributed by atoms with van der Waals surface area (Å²) in [4.78, 5) is 7.65. The largest absolute Gasteiger partial charge is 0.421 e. The molecule has 1 aliphatic carbocycles. The van der Waals surface area contributed by atoms with Gasteiger partial charge in [-0.25, -0.2) is 17.8 Å². The fraction of sp³-hybridized carbons (Fsp3) is 0.389. The van der Waals surface area contributed by atoms with Crippen molar-refractivity contribution in [3.8, 4) is 0 Å². The van der Waals surface area contributed by atoms with Crippen LogP contribution in [0.2, 0.25) is 0 Å². The first-order valence-electron chi connectivity index (χ1n) is 9.25. The number of hydrogen-bond acceptors (Lipinski definition) is 7. The first kappa shape index (κ1) is 21.3. The molecule has 0 radical (unpaired) electrons. The van der Waals surface area contributed by atoms with Gasteiger partial charge in [-0.15, -0.1) is 0 Å². The molecule has 0 unspecified atom stereocenters. The summed E-state index contributed by atoms with van der Waals surface area (Å²) in [5.41, 5.74) is 0.0321. The van der Waals surface area contributed by atoms with E-state index < -0.39 is 39.6 Å². The molecule has 0 bridgehead atoms. The number of rotatable bonds is 7. The van der Waals surface area contributed by atoms with Gasteiger partial charge in [-0.1, -0.05) is 6.07 Å². The third-order valence-electron chi connectivity index (χ3n) is 4.74. The number of alkyl halides is 4. The van der Waals surface area contributed by atoms with Gasteiger partial charge in [0, 0.05) is 24.3 Å². The van der Waals surface area contributed by atoms with Crippen molar-refractivity contribution in [1.82, 2.24) is 19.7 Å². The Morgan fingerprint density at radius 1 is 1.26 bits per heavy atom. The highest BCUT2D eigenvalue weighted by Gasteiger charge is 2.41. The molecule has 2 aromatic heterocycles. The zero-order valence-corrected chi connectivity index (χ0v) is 17.0. The molecule has 0 spiro atoms. The van der Waals surface area contributed by atoms with Crippen LogP contribution in [0.1, 0.15) is 12.0 Å². The lowest BCUT2D eigenvalue weighted by Gasteiger charge is -2.14.